The molecule has 0 unspecified atom stereocenters. The number of rotatable bonds is 6. The zero-order valence-electron chi connectivity index (χ0n) is 15.2. The van der Waals surface area contributed by atoms with E-state index in [0.717, 1.165) is 0 Å². The Bertz CT molecular complexity index is 941. The summed E-state index contributed by atoms with van der Waals surface area (Å²) in [6.45, 7) is 4.54. The van der Waals surface area contributed by atoms with E-state index >= 15 is 0 Å². The zero-order chi connectivity index (χ0) is 19.4. The highest BCUT2D eigenvalue weighted by Crippen LogP contribution is 2.34. The number of esters is 1. The molecule has 144 valence electrons. The van der Waals surface area contributed by atoms with Gasteiger partial charge in [-0.3, -0.25) is 4.31 Å². The molecule has 2 aromatic carbocycles. The number of fused-ring (bicyclic) bond motifs is 1. The van der Waals surface area contributed by atoms with Crippen molar-refractivity contribution in [1.29, 1.82) is 0 Å². The number of anilines is 1. The molecule has 3 rings (SSSR count). The van der Waals surface area contributed by atoms with E-state index < -0.39 is 16.0 Å². The van der Waals surface area contributed by atoms with Gasteiger partial charge < -0.3 is 14.2 Å². The lowest BCUT2D eigenvalue weighted by Gasteiger charge is -2.26. The Morgan fingerprint density at radius 1 is 1.07 bits per heavy atom. The van der Waals surface area contributed by atoms with Crippen LogP contribution in [0.2, 0.25) is 0 Å². The van der Waals surface area contributed by atoms with Crippen molar-refractivity contribution in [3.8, 4) is 11.5 Å². The predicted molar refractivity (Wildman–Crippen MR) is 100 cm³/mol. The second-order valence-electron chi connectivity index (χ2n) is 5.71. The van der Waals surface area contributed by atoms with Crippen molar-refractivity contribution in [1.82, 2.24) is 0 Å². The van der Waals surface area contributed by atoms with Gasteiger partial charge in [-0.1, -0.05) is 12.1 Å². The highest BCUT2D eigenvalue weighted by Gasteiger charge is 2.29. The van der Waals surface area contributed by atoms with Crippen LogP contribution >= 0.6 is 0 Å². The number of ether oxygens (including phenoxy) is 3. The Morgan fingerprint density at radius 3 is 2.48 bits per heavy atom. The highest BCUT2D eigenvalue weighted by atomic mass is 32.2. The molecule has 0 amide bonds. The van der Waals surface area contributed by atoms with E-state index in [4.69, 9.17) is 14.2 Å². The van der Waals surface area contributed by atoms with Crippen LogP contribution in [-0.2, 0) is 14.8 Å². The fourth-order valence-corrected chi connectivity index (χ4v) is 4.36. The van der Waals surface area contributed by atoms with Crippen LogP contribution in [0.1, 0.15) is 24.2 Å². The molecule has 0 saturated heterocycles. The van der Waals surface area contributed by atoms with Gasteiger partial charge in [0.25, 0.3) is 10.0 Å². The minimum absolute atomic E-state index is 0.0623. The average molecular weight is 391 g/mol. The molecule has 1 heterocycles. The van der Waals surface area contributed by atoms with Gasteiger partial charge >= 0.3 is 5.97 Å². The summed E-state index contributed by atoms with van der Waals surface area (Å²) >= 11 is 0. The van der Waals surface area contributed by atoms with Crippen LogP contribution in [0.3, 0.4) is 0 Å². The fraction of sp³-hybridized carbons (Fsp3) is 0.316. The third-order valence-electron chi connectivity index (χ3n) is 4.06. The molecule has 0 atom stereocenters. The Morgan fingerprint density at radius 2 is 1.78 bits per heavy atom. The average Bonchev–Trinajstić information content (AvgIpc) is 2.68. The van der Waals surface area contributed by atoms with Crippen LogP contribution in [0.15, 0.2) is 47.4 Å². The van der Waals surface area contributed by atoms with Crippen molar-refractivity contribution in [2.45, 2.75) is 18.7 Å². The monoisotopic (exact) mass is 391 g/mol. The van der Waals surface area contributed by atoms with Gasteiger partial charge in [-0.15, -0.1) is 0 Å². The van der Waals surface area contributed by atoms with Gasteiger partial charge in [0.15, 0.2) is 11.5 Å². The standard InChI is InChI=1S/C19H21NO6S/c1-3-20(16-8-6-5-7-15(16)19(21)24-4-2)27(22,23)14-9-10-17-18(13-14)26-12-11-25-17/h5-10,13H,3-4,11-12H2,1-2H3. The maximum Gasteiger partial charge on any atom is 0.340 e. The largest absolute Gasteiger partial charge is 0.486 e. The van der Waals surface area contributed by atoms with Gasteiger partial charge in [0.05, 0.1) is 22.8 Å². The molecule has 0 bridgehead atoms. The maximum absolute atomic E-state index is 13.3. The van der Waals surface area contributed by atoms with E-state index in [9.17, 15) is 13.2 Å². The lowest BCUT2D eigenvalue weighted by molar-refractivity contribution is 0.0527. The first-order valence-electron chi connectivity index (χ1n) is 8.67. The SMILES string of the molecule is CCOC(=O)c1ccccc1N(CC)S(=O)(=O)c1ccc2c(c1)OCCO2. The van der Waals surface area contributed by atoms with Crippen LogP contribution in [0.5, 0.6) is 11.5 Å². The lowest BCUT2D eigenvalue weighted by Crippen LogP contribution is -2.32. The summed E-state index contributed by atoms with van der Waals surface area (Å²) in [6.07, 6.45) is 0. The first-order chi connectivity index (χ1) is 13.0. The van der Waals surface area contributed by atoms with Crippen molar-refractivity contribution < 1.29 is 27.4 Å². The van der Waals surface area contributed by atoms with Crippen LogP contribution in [0, 0.1) is 0 Å². The van der Waals surface area contributed by atoms with Gasteiger partial charge in [-0.2, -0.15) is 0 Å². The molecule has 1 aliphatic rings. The summed E-state index contributed by atoms with van der Waals surface area (Å²) in [7, 11) is -3.92. The summed E-state index contributed by atoms with van der Waals surface area (Å²) in [6, 6.07) is 11.0. The number of hydrogen-bond donors (Lipinski definition) is 0. The van der Waals surface area contributed by atoms with E-state index in [1.807, 2.05) is 0 Å². The van der Waals surface area contributed by atoms with E-state index in [0.29, 0.717) is 24.7 Å². The number of nitrogens with zero attached hydrogens (tertiary/aromatic N) is 1. The molecule has 0 aromatic heterocycles. The molecule has 0 spiro atoms. The minimum Gasteiger partial charge on any atom is -0.486 e. The molecule has 0 N–H and O–H groups in total. The number of para-hydroxylation sites is 1. The van der Waals surface area contributed by atoms with Crippen LogP contribution in [0.25, 0.3) is 0 Å². The number of sulfonamides is 1. The first-order valence-corrected chi connectivity index (χ1v) is 10.1. The quantitative estimate of drug-likeness (QED) is 0.705. The number of carbonyl (C=O) groups excluding carboxylic acids is 1. The third-order valence-corrected chi connectivity index (χ3v) is 5.94. The molecular formula is C19H21NO6S. The predicted octanol–water partition coefficient (Wildman–Crippen LogP) is 2.85. The second-order valence-corrected chi connectivity index (χ2v) is 7.58. The molecule has 0 saturated carbocycles. The van der Waals surface area contributed by atoms with Gasteiger partial charge in [0.2, 0.25) is 0 Å². The molecule has 27 heavy (non-hydrogen) atoms. The lowest BCUT2D eigenvalue weighted by atomic mass is 10.2. The third kappa shape index (κ3) is 3.71. The number of carbonyl (C=O) groups is 1. The molecule has 0 fully saturated rings. The molecule has 7 nitrogen and oxygen atoms in total. The summed E-state index contributed by atoms with van der Waals surface area (Å²) in [5, 5.41) is 0. The van der Waals surface area contributed by atoms with Gasteiger partial charge in [0.1, 0.15) is 13.2 Å². The van der Waals surface area contributed by atoms with Crippen LogP contribution in [-0.4, -0.2) is 40.8 Å². The fourth-order valence-electron chi connectivity index (χ4n) is 2.85. The Balaban J connectivity index is 2.04. The molecule has 0 aliphatic carbocycles. The summed E-state index contributed by atoms with van der Waals surface area (Å²) < 4.78 is 43.7. The van der Waals surface area contributed by atoms with E-state index in [-0.39, 0.29) is 29.3 Å². The molecule has 2 aromatic rings. The van der Waals surface area contributed by atoms with Crippen LogP contribution < -0.4 is 13.8 Å². The Labute approximate surface area is 158 Å². The van der Waals surface area contributed by atoms with E-state index in [2.05, 4.69) is 0 Å². The van der Waals surface area contributed by atoms with Crippen molar-refractivity contribution in [3.63, 3.8) is 0 Å². The van der Waals surface area contributed by atoms with Crippen molar-refractivity contribution in [3.05, 3.63) is 48.0 Å². The van der Waals surface area contributed by atoms with E-state index in [1.54, 1.807) is 44.2 Å². The number of benzene rings is 2. The topological polar surface area (TPSA) is 82.1 Å². The zero-order valence-corrected chi connectivity index (χ0v) is 16.0. The minimum atomic E-state index is -3.92. The highest BCUT2D eigenvalue weighted by molar-refractivity contribution is 7.92. The molecule has 0 radical (unpaired) electrons. The summed E-state index contributed by atoms with van der Waals surface area (Å²) in [4.78, 5) is 12.3. The Hall–Kier alpha value is -2.74. The number of hydrogen-bond acceptors (Lipinski definition) is 6. The molecular weight excluding hydrogens is 370 g/mol. The van der Waals surface area contributed by atoms with Crippen molar-refractivity contribution >= 4 is 21.7 Å². The first kappa shape index (κ1) is 19.0. The second kappa shape index (κ2) is 7.87. The summed E-state index contributed by atoms with van der Waals surface area (Å²) in [5.41, 5.74) is 0.468. The molecule has 8 heteroatoms. The van der Waals surface area contributed by atoms with Gasteiger partial charge in [0, 0.05) is 12.6 Å². The van der Waals surface area contributed by atoms with Crippen molar-refractivity contribution in [2.75, 3.05) is 30.7 Å². The normalized spacial score (nSPS) is 13.1. The molecule has 1 aliphatic heterocycles. The van der Waals surface area contributed by atoms with Gasteiger partial charge in [-0.25, -0.2) is 13.2 Å². The Kier molecular flexibility index (Phi) is 5.55. The van der Waals surface area contributed by atoms with Crippen molar-refractivity contribution in [2.24, 2.45) is 0 Å². The summed E-state index contributed by atoms with van der Waals surface area (Å²) in [5.74, 6) is 0.330. The van der Waals surface area contributed by atoms with Crippen LogP contribution in [0.4, 0.5) is 5.69 Å². The van der Waals surface area contributed by atoms with Gasteiger partial charge in [-0.05, 0) is 38.1 Å². The maximum atomic E-state index is 13.3. The smallest absolute Gasteiger partial charge is 0.340 e. The van der Waals surface area contributed by atoms with E-state index in [1.165, 1.54) is 16.4 Å².